The van der Waals surface area contributed by atoms with Gasteiger partial charge in [-0.25, -0.2) is 0 Å². The van der Waals surface area contributed by atoms with Crippen LogP contribution in [0, 0.1) is 0 Å². The lowest BCUT2D eigenvalue weighted by molar-refractivity contribution is -0.157. The smallest absolute Gasteiger partial charge is 0.307 e. The number of ether oxygens (including phenoxy) is 1. The van der Waals surface area contributed by atoms with E-state index in [1.165, 1.54) is 51.4 Å². The van der Waals surface area contributed by atoms with Gasteiger partial charge in [0.2, 0.25) is 0 Å². The highest BCUT2D eigenvalue weighted by Gasteiger charge is 2.13. The molecule has 1 atom stereocenters. The number of carbonyl (C=O) groups is 1. The molecule has 0 aromatic heterocycles. The van der Waals surface area contributed by atoms with Crippen molar-refractivity contribution >= 4 is 5.97 Å². The fourth-order valence-electron chi connectivity index (χ4n) is 2.85. The maximum atomic E-state index is 11.8. The topological polar surface area (TPSA) is 29.5 Å². The molecule has 0 N–H and O–H groups in total. The Hall–Kier alpha value is -1.09. The van der Waals surface area contributed by atoms with Gasteiger partial charge in [-0.1, -0.05) is 70.3 Å². The van der Waals surface area contributed by atoms with Crippen molar-refractivity contribution in [3.8, 4) is 0 Å². The van der Waals surface area contributed by atoms with Crippen molar-refractivity contribution in [3.05, 3.63) is 24.3 Å². The monoisotopic (exact) mass is 365 g/mol. The Labute approximate surface area is 162 Å². The van der Waals surface area contributed by atoms with Crippen LogP contribution in [-0.2, 0) is 9.53 Å². The fraction of sp³-hybridized carbons (Fsp3) is 0.783. The van der Waals surface area contributed by atoms with Crippen LogP contribution < -0.4 is 0 Å². The van der Waals surface area contributed by atoms with Gasteiger partial charge in [0.15, 0.2) is 6.23 Å². The third-order valence-corrected chi connectivity index (χ3v) is 4.52. The number of unbranched alkanes of at least 4 members (excludes halogenated alkanes) is 8. The number of carbonyl (C=O) groups excluding carboxylic acids is 1. The molecule has 0 spiro atoms. The maximum absolute atomic E-state index is 11.8. The van der Waals surface area contributed by atoms with Crippen molar-refractivity contribution < 1.29 is 9.53 Å². The molecule has 0 aliphatic rings. The van der Waals surface area contributed by atoms with Crippen molar-refractivity contribution in [2.75, 3.05) is 14.1 Å². The first kappa shape index (κ1) is 24.9. The predicted octanol–water partition coefficient (Wildman–Crippen LogP) is 6.64. The van der Waals surface area contributed by atoms with E-state index in [1.807, 2.05) is 25.9 Å². The van der Waals surface area contributed by atoms with Crippen molar-refractivity contribution in [2.45, 2.75) is 104 Å². The number of esters is 1. The first-order valence-electron chi connectivity index (χ1n) is 10.8. The molecule has 26 heavy (non-hydrogen) atoms. The van der Waals surface area contributed by atoms with E-state index < -0.39 is 0 Å². The van der Waals surface area contributed by atoms with Gasteiger partial charge in [0, 0.05) is 6.42 Å². The average molecular weight is 366 g/mol. The molecule has 0 bridgehead atoms. The van der Waals surface area contributed by atoms with Crippen LogP contribution in [0.4, 0.5) is 0 Å². The summed E-state index contributed by atoms with van der Waals surface area (Å²) in [7, 11) is 3.89. The summed E-state index contributed by atoms with van der Waals surface area (Å²) in [5.41, 5.74) is 0. The first-order chi connectivity index (χ1) is 12.6. The highest BCUT2D eigenvalue weighted by molar-refractivity contribution is 5.69. The molecular weight excluding hydrogens is 322 g/mol. The number of hydrogen-bond donors (Lipinski definition) is 0. The van der Waals surface area contributed by atoms with Gasteiger partial charge in [0.05, 0.1) is 0 Å². The van der Waals surface area contributed by atoms with E-state index in [4.69, 9.17) is 4.74 Å². The average Bonchev–Trinajstić information content (AvgIpc) is 2.62. The predicted molar refractivity (Wildman–Crippen MR) is 113 cm³/mol. The van der Waals surface area contributed by atoms with Crippen LogP contribution in [0.3, 0.4) is 0 Å². The third-order valence-electron chi connectivity index (χ3n) is 4.52. The van der Waals surface area contributed by atoms with Gasteiger partial charge >= 0.3 is 5.97 Å². The molecule has 3 nitrogen and oxygen atoms in total. The van der Waals surface area contributed by atoms with Gasteiger partial charge < -0.3 is 4.74 Å². The molecule has 0 aromatic rings. The van der Waals surface area contributed by atoms with Crippen molar-refractivity contribution in [2.24, 2.45) is 0 Å². The summed E-state index contributed by atoms with van der Waals surface area (Å²) in [5, 5.41) is 0. The summed E-state index contributed by atoms with van der Waals surface area (Å²) < 4.78 is 5.45. The van der Waals surface area contributed by atoms with E-state index >= 15 is 0 Å². The number of allylic oxidation sites excluding steroid dienone is 4. The van der Waals surface area contributed by atoms with Crippen LogP contribution in [0.2, 0.25) is 0 Å². The lowest BCUT2D eigenvalue weighted by Crippen LogP contribution is -2.32. The van der Waals surface area contributed by atoms with Crippen LogP contribution in [0.15, 0.2) is 24.3 Å². The van der Waals surface area contributed by atoms with E-state index in [1.54, 1.807) is 0 Å². The second-order valence-corrected chi connectivity index (χ2v) is 7.30. The summed E-state index contributed by atoms with van der Waals surface area (Å²) in [4.78, 5) is 13.7. The highest BCUT2D eigenvalue weighted by Crippen LogP contribution is 2.10. The minimum atomic E-state index is -0.0829. The molecule has 0 saturated carbocycles. The Bertz CT molecular complexity index is 374. The second-order valence-electron chi connectivity index (χ2n) is 7.30. The van der Waals surface area contributed by atoms with E-state index in [-0.39, 0.29) is 12.2 Å². The molecule has 0 aromatic carbocycles. The number of hydrogen-bond acceptors (Lipinski definition) is 3. The Morgan fingerprint density at radius 1 is 0.846 bits per heavy atom. The van der Waals surface area contributed by atoms with Gasteiger partial charge in [-0.05, 0) is 59.0 Å². The van der Waals surface area contributed by atoms with Crippen molar-refractivity contribution in [3.63, 3.8) is 0 Å². The lowest BCUT2D eigenvalue weighted by Gasteiger charge is -2.22. The largest absolute Gasteiger partial charge is 0.446 e. The van der Waals surface area contributed by atoms with Gasteiger partial charge in [0.1, 0.15) is 0 Å². The van der Waals surface area contributed by atoms with Crippen LogP contribution in [-0.4, -0.2) is 31.2 Å². The zero-order valence-corrected chi connectivity index (χ0v) is 17.8. The Kier molecular flexibility index (Phi) is 17.9. The lowest BCUT2D eigenvalue weighted by atomic mass is 10.1. The van der Waals surface area contributed by atoms with Crippen LogP contribution >= 0.6 is 0 Å². The molecule has 0 saturated heterocycles. The molecule has 0 heterocycles. The Balaban J connectivity index is 3.43. The van der Waals surface area contributed by atoms with Crippen molar-refractivity contribution in [1.29, 1.82) is 0 Å². The summed E-state index contributed by atoms with van der Waals surface area (Å²) in [5.74, 6) is -0.0590. The Morgan fingerprint density at radius 2 is 1.42 bits per heavy atom. The fourth-order valence-corrected chi connectivity index (χ4v) is 2.85. The second kappa shape index (κ2) is 18.7. The Morgan fingerprint density at radius 3 is 2.00 bits per heavy atom. The van der Waals surface area contributed by atoms with E-state index in [0.29, 0.717) is 6.42 Å². The maximum Gasteiger partial charge on any atom is 0.307 e. The van der Waals surface area contributed by atoms with Crippen LogP contribution in [0.25, 0.3) is 0 Å². The van der Waals surface area contributed by atoms with E-state index in [0.717, 1.165) is 25.7 Å². The zero-order valence-electron chi connectivity index (χ0n) is 17.8. The van der Waals surface area contributed by atoms with E-state index in [2.05, 4.69) is 31.2 Å². The number of nitrogens with zero attached hydrogens (tertiary/aromatic N) is 1. The minimum absolute atomic E-state index is 0.0590. The van der Waals surface area contributed by atoms with Gasteiger partial charge in [-0.2, -0.15) is 0 Å². The first-order valence-corrected chi connectivity index (χ1v) is 10.8. The minimum Gasteiger partial charge on any atom is -0.446 e. The molecule has 0 aliphatic carbocycles. The van der Waals surface area contributed by atoms with Gasteiger partial charge in [-0.15, -0.1) is 0 Å². The summed E-state index contributed by atoms with van der Waals surface area (Å²) in [6.07, 6.45) is 23.7. The molecule has 0 radical (unpaired) electrons. The highest BCUT2D eigenvalue weighted by atomic mass is 16.6. The summed E-state index contributed by atoms with van der Waals surface area (Å²) in [6.45, 7) is 4.28. The number of rotatable bonds is 17. The van der Waals surface area contributed by atoms with Crippen LogP contribution in [0.1, 0.15) is 97.3 Å². The third kappa shape index (κ3) is 16.4. The van der Waals surface area contributed by atoms with Crippen LogP contribution in [0.5, 0.6) is 0 Å². The molecule has 0 amide bonds. The summed E-state index contributed by atoms with van der Waals surface area (Å²) in [6, 6.07) is 0. The molecule has 3 heteroatoms. The zero-order chi connectivity index (χ0) is 19.5. The van der Waals surface area contributed by atoms with Gasteiger partial charge in [-0.3, -0.25) is 9.69 Å². The molecule has 0 fully saturated rings. The quantitative estimate of drug-likeness (QED) is 0.125. The molecule has 1 unspecified atom stereocenters. The molecular formula is C23H43NO2. The summed E-state index contributed by atoms with van der Waals surface area (Å²) >= 11 is 0. The normalized spacial score (nSPS) is 13.1. The SMILES string of the molecule is CCCCC/C=C\C/C=C\CCCCCCCC(=O)OC(CC)N(C)C. The van der Waals surface area contributed by atoms with Gasteiger partial charge in [0.25, 0.3) is 0 Å². The molecule has 0 aliphatic heterocycles. The standard InChI is InChI=1S/C23H43NO2/c1-5-7-8-9-10-11-12-13-14-15-16-17-18-19-20-21-23(25)26-22(6-2)24(3)4/h10-11,13-14,22H,5-9,12,15-21H2,1-4H3/b11-10-,14-13-. The van der Waals surface area contributed by atoms with E-state index in [9.17, 15) is 4.79 Å². The van der Waals surface area contributed by atoms with Crippen molar-refractivity contribution in [1.82, 2.24) is 4.90 Å². The molecule has 0 rings (SSSR count). The molecule has 152 valence electrons.